The van der Waals surface area contributed by atoms with E-state index < -0.39 is 29.4 Å². The van der Waals surface area contributed by atoms with Crippen LogP contribution < -0.4 is 0 Å². The molecule has 0 aliphatic carbocycles. The fourth-order valence-corrected chi connectivity index (χ4v) is 108. The molecule has 0 bridgehead atoms. The second-order valence-corrected chi connectivity index (χ2v) is 48.9. The molecule has 4 heteroatoms. The summed E-state index contributed by atoms with van der Waals surface area (Å²) in [4.78, 5) is 0. The van der Waals surface area contributed by atoms with E-state index in [0.29, 0.717) is 0 Å². The van der Waals surface area contributed by atoms with E-state index in [-0.39, 0.29) is 0 Å². The summed E-state index contributed by atoms with van der Waals surface area (Å²) in [6, 6.07) is 0. The highest BCUT2D eigenvalue weighted by Gasteiger charge is 2.61. The van der Waals surface area contributed by atoms with Crippen molar-refractivity contribution in [3.8, 4) is 0 Å². The minimum atomic E-state index is -1.26. The van der Waals surface area contributed by atoms with Gasteiger partial charge in [-0.05, 0) is 6.92 Å². The number of hydrogen-bond donors (Lipinski definition) is 0. The van der Waals surface area contributed by atoms with Crippen molar-refractivity contribution in [3.63, 3.8) is 0 Å². The molecule has 0 nitrogen and oxygen atoms in total. The normalized spacial score (nSPS) is 15.1. The summed E-state index contributed by atoms with van der Waals surface area (Å²) in [6.45, 7) is 29.1. The Bertz CT molecular complexity index is 237. The Balaban J connectivity index is 6.17. The van der Waals surface area contributed by atoms with Crippen LogP contribution in [0.5, 0.6) is 0 Å². The van der Waals surface area contributed by atoms with Crippen LogP contribution in [0.15, 0.2) is 11.8 Å². The first-order chi connectivity index (χ1) is 6.69. The highest BCUT2D eigenvalue weighted by molar-refractivity contribution is 7.91. The Hall–Kier alpha value is 0.608. The zero-order chi connectivity index (χ0) is 13.6. The van der Waals surface area contributed by atoms with E-state index in [9.17, 15) is 0 Å². The van der Waals surface area contributed by atoms with Crippen molar-refractivity contribution in [2.24, 2.45) is 0 Å². The van der Waals surface area contributed by atoms with Crippen LogP contribution in [-0.4, -0.2) is 29.4 Å². The van der Waals surface area contributed by atoms with Gasteiger partial charge in [-0.2, -0.15) is 0 Å². The lowest BCUT2D eigenvalue weighted by Crippen LogP contribution is -2.83. The van der Waals surface area contributed by atoms with Gasteiger partial charge >= 0.3 is 0 Å². The molecule has 0 aliphatic rings. The largest absolute Gasteiger partial charge is 0.105 e. The van der Waals surface area contributed by atoms with Crippen molar-refractivity contribution in [1.29, 1.82) is 0 Å². The summed E-state index contributed by atoms with van der Waals surface area (Å²) in [5.41, 5.74) is 0. The average molecular weight is 289 g/mol. The Morgan fingerprint density at radius 1 is 0.625 bits per heavy atom. The fourth-order valence-electron chi connectivity index (χ4n) is 5.30. The molecule has 0 saturated carbocycles. The molecule has 0 unspecified atom stereocenters. The Morgan fingerprint density at radius 3 is 0.812 bits per heavy atom. The van der Waals surface area contributed by atoms with E-state index in [1.54, 1.807) is 5.20 Å². The minimum Gasteiger partial charge on any atom is -0.105 e. The quantitative estimate of drug-likeness (QED) is 0.652. The lowest BCUT2D eigenvalue weighted by molar-refractivity contribution is 1.62. The first kappa shape index (κ1) is 16.6. The fraction of sp³-hybridized carbons (Fsp3) is 0.833. The monoisotopic (exact) mass is 288 g/mol. The van der Waals surface area contributed by atoms with Gasteiger partial charge < -0.3 is 0 Å². The predicted octanol–water partition coefficient (Wildman–Crippen LogP) is 4.80. The van der Waals surface area contributed by atoms with Crippen molar-refractivity contribution in [1.82, 2.24) is 0 Å². The second kappa shape index (κ2) is 4.37. The van der Waals surface area contributed by atoms with Crippen LogP contribution in [0, 0.1) is 0 Å². The number of rotatable bonds is 4. The van der Waals surface area contributed by atoms with Crippen LogP contribution in [0.1, 0.15) is 6.92 Å². The number of hydrogen-bond acceptors (Lipinski definition) is 0. The van der Waals surface area contributed by atoms with Crippen LogP contribution in [0.4, 0.5) is 0 Å². The van der Waals surface area contributed by atoms with E-state index in [1.807, 2.05) is 0 Å². The summed E-state index contributed by atoms with van der Waals surface area (Å²) in [6.07, 6.45) is 0. The van der Waals surface area contributed by atoms with Crippen LogP contribution in [0.25, 0.3) is 0 Å². The molecule has 0 amide bonds. The summed E-state index contributed by atoms with van der Waals surface area (Å²) in [5.74, 6) is 0. The molecule has 16 heavy (non-hydrogen) atoms. The van der Waals surface area contributed by atoms with Crippen molar-refractivity contribution in [2.75, 3.05) is 0 Å². The molecule has 0 spiro atoms. The van der Waals surface area contributed by atoms with Gasteiger partial charge in [-0.25, -0.2) is 0 Å². The zero-order valence-corrected chi connectivity index (χ0v) is 17.2. The summed E-state index contributed by atoms with van der Waals surface area (Å²) in [7, 11) is -3.32. The third kappa shape index (κ3) is 2.39. The van der Waals surface area contributed by atoms with E-state index in [2.05, 4.69) is 72.4 Å². The molecular formula is C12H32Si4. The maximum Gasteiger partial charge on any atom is 0.0625 e. The van der Waals surface area contributed by atoms with E-state index in [4.69, 9.17) is 0 Å². The van der Waals surface area contributed by atoms with Gasteiger partial charge in [-0.15, -0.1) is 6.58 Å². The third-order valence-electron chi connectivity index (χ3n) is 4.02. The van der Waals surface area contributed by atoms with Gasteiger partial charge in [0.25, 0.3) is 0 Å². The van der Waals surface area contributed by atoms with Crippen molar-refractivity contribution in [2.45, 2.75) is 65.8 Å². The molecule has 0 fully saturated rings. The Kier molecular flexibility index (Phi) is 4.54. The summed E-state index contributed by atoms with van der Waals surface area (Å²) in [5, 5.41) is 1.63. The van der Waals surface area contributed by atoms with Crippen LogP contribution in [0.2, 0.25) is 58.9 Å². The van der Waals surface area contributed by atoms with Gasteiger partial charge in [0, 0.05) is 22.8 Å². The average Bonchev–Trinajstić information content (AvgIpc) is 1.71. The maximum absolute atomic E-state index is 4.49. The lowest BCUT2D eigenvalue weighted by Gasteiger charge is -2.58. The minimum absolute atomic E-state index is 1.11. The summed E-state index contributed by atoms with van der Waals surface area (Å²) < 4.78 is 0. The molecule has 0 aromatic rings. The standard InChI is InChI=1S/C12H32Si4/c1-12(2)16(13(3,4)5,14(6,7)8)15(9,10)11/h1H2,2-11H3. The van der Waals surface area contributed by atoms with Gasteiger partial charge in [0.1, 0.15) is 0 Å². The first-order valence-electron chi connectivity index (χ1n) is 6.35. The molecule has 0 aliphatic heterocycles. The van der Waals surface area contributed by atoms with Gasteiger partial charge in [0.05, 0.1) is 6.63 Å². The van der Waals surface area contributed by atoms with Crippen LogP contribution in [0.3, 0.4) is 0 Å². The molecular weight excluding hydrogens is 256 g/mol. The molecule has 0 saturated heterocycles. The van der Waals surface area contributed by atoms with Crippen LogP contribution in [-0.2, 0) is 0 Å². The van der Waals surface area contributed by atoms with Gasteiger partial charge in [0.15, 0.2) is 0 Å². The Morgan fingerprint density at radius 2 is 0.812 bits per heavy atom. The van der Waals surface area contributed by atoms with E-state index >= 15 is 0 Å². The molecule has 0 N–H and O–H groups in total. The zero-order valence-electron chi connectivity index (χ0n) is 13.2. The Labute approximate surface area is 107 Å². The maximum atomic E-state index is 4.49. The van der Waals surface area contributed by atoms with Crippen molar-refractivity contribution < 1.29 is 0 Å². The number of allylic oxidation sites excluding steroid dienone is 1. The summed E-state index contributed by atoms with van der Waals surface area (Å²) >= 11 is 0. The first-order valence-corrected chi connectivity index (χ1v) is 21.9. The molecule has 0 heterocycles. The molecule has 0 rings (SSSR count). The lowest BCUT2D eigenvalue weighted by atomic mass is 10.8. The highest BCUT2D eigenvalue weighted by Crippen LogP contribution is 2.41. The third-order valence-corrected chi connectivity index (χ3v) is 76.6. The smallest absolute Gasteiger partial charge is 0.0625 e. The molecule has 0 radical (unpaired) electrons. The van der Waals surface area contributed by atoms with E-state index in [1.165, 1.54) is 0 Å². The molecule has 0 aromatic heterocycles. The predicted molar refractivity (Wildman–Crippen MR) is 90.6 cm³/mol. The van der Waals surface area contributed by atoms with Gasteiger partial charge in [0.2, 0.25) is 0 Å². The molecule has 0 aromatic carbocycles. The molecule has 96 valence electrons. The van der Waals surface area contributed by atoms with Gasteiger partial charge in [-0.1, -0.05) is 64.1 Å². The van der Waals surface area contributed by atoms with Crippen molar-refractivity contribution in [3.05, 3.63) is 11.8 Å². The van der Waals surface area contributed by atoms with Crippen LogP contribution >= 0.6 is 0 Å². The second-order valence-electron chi connectivity index (χ2n) is 8.28. The van der Waals surface area contributed by atoms with Crippen molar-refractivity contribution >= 4 is 29.4 Å². The topological polar surface area (TPSA) is 0 Å². The SMILES string of the molecule is C=C(C)[Si]([Si](C)(C)C)([Si](C)(C)C)[Si](C)(C)C. The van der Waals surface area contributed by atoms with E-state index in [0.717, 1.165) is 0 Å². The van der Waals surface area contributed by atoms with Gasteiger partial charge in [-0.3, -0.25) is 0 Å². The highest BCUT2D eigenvalue weighted by atomic mass is 29.9. The molecule has 0 atom stereocenters.